The van der Waals surface area contributed by atoms with Crippen LogP contribution in [-0.2, 0) is 9.61 Å². The van der Waals surface area contributed by atoms with Crippen molar-refractivity contribution in [2.24, 2.45) is 16.8 Å². The highest BCUT2D eigenvalue weighted by Gasteiger charge is 2.58. The quantitative estimate of drug-likeness (QED) is 0.754. The summed E-state index contributed by atoms with van der Waals surface area (Å²) in [7, 11) is 0. The number of hydrogen-bond donors (Lipinski definition) is 1. The van der Waals surface area contributed by atoms with Crippen LogP contribution in [0.1, 0.15) is 30.0 Å². The van der Waals surface area contributed by atoms with Gasteiger partial charge < -0.3 is 15.2 Å². The summed E-state index contributed by atoms with van der Waals surface area (Å²) in [5, 5.41) is 6.02. The van der Waals surface area contributed by atoms with Gasteiger partial charge in [-0.1, -0.05) is 23.4 Å². The number of hydrazone groups is 1. The van der Waals surface area contributed by atoms with E-state index >= 15 is 0 Å². The fourth-order valence-corrected chi connectivity index (χ4v) is 5.49. The molecule has 0 aromatic heterocycles. The normalized spacial score (nSPS) is 22.2. The van der Waals surface area contributed by atoms with Crippen molar-refractivity contribution in [3.8, 4) is 5.75 Å². The van der Waals surface area contributed by atoms with Crippen molar-refractivity contribution in [1.82, 2.24) is 5.01 Å². The summed E-state index contributed by atoms with van der Waals surface area (Å²) in [6.07, 6.45) is -0.213. The number of nitrogens with two attached hydrogens (primary N) is 1. The van der Waals surface area contributed by atoms with E-state index in [1.165, 1.54) is 41.0 Å². The van der Waals surface area contributed by atoms with Crippen LogP contribution < -0.4 is 10.5 Å². The van der Waals surface area contributed by atoms with Gasteiger partial charge in [0.2, 0.25) is 0 Å². The summed E-state index contributed by atoms with van der Waals surface area (Å²) < 4.78 is 40.2. The van der Waals surface area contributed by atoms with Gasteiger partial charge in [0.15, 0.2) is 4.87 Å². The average Bonchev–Trinajstić information content (AvgIpc) is 3.14. The highest BCUT2D eigenvalue weighted by Crippen LogP contribution is 2.57. The largest absolute Gasteiger partial charge is 0.493 e. The van der Waals surface area contributed by atoms with Crippen molar-refractivity contribution in [3.63, 3.8) is 0 Å². The van der Waals surface area contributed by atoms with Crippen molar-refractivity contribution in [2.45, 2.75) is 25.1 Å². The Morgan fingerprint density at radius 2 is 2.16 bits per heavy atom. The van der Waals surface area contributed by atoms with Crippen molar-refractivity contribution >= 4 is 22.9 Å². The zero-order chi connectivity index (χ0) is 22.2. The highest BCUT2D eigenvalue weighted by molar-refractivity contribution is 8.15. The second-order valence-electron chi connectivity index (χ2n) is 7.42. The smallest absolute Gasteiger partial charge is 0.432 e. The second-order valence-corrected chi connectivity index (χ2v) is 8.64. The summed E-state index contributed by atoms with van der Waals surface area (Å²) >= 11 is 1.20. The van der Waals surface area contributed by atoms with Crippen LogP contribution in [0.5, 0.6) is 5.75 Å². The lowest BCUT2D eigenvalue weighted by molar-refractivity contribution is 0.0395. The Morgan fingerprint density at radius 3 is 2.90 bits per heavy atom. The standard InChI is InChI=1S/C22H23F2N3O3S/c1-3-29-21(28)27-22(31-20(26-27)16-10-13(2)4-6-18(16)24)14(8-9-25)12-30-19-7-5-15(23)11-17(19)22/h4-7,10-11,14H,3,8-9,12,25H2,1-2H3/t14-,22+/m0/s1. The molecule has 0 bridgehead atoms. The second kappa shape index (κ2) is 8.47. The fourth-order valence-electron chi connectivity index (χ4n) is 3.99. The minimum atomic E-state index is -1.17. The van der Waals surface area contributed by atoms with E-state index in [-0.39, 0.29) is 24.7 Å². The Morgan fingerprint density at radius 1 is 1.35 bits per heavy atom. The van der Waals surface area contributed by atoms with Gasteiger partial charge in [-0.25, -0.2) is 13.6 Å². The van der Waals surface area contributed by atoms with Crippen LogP contribution in [0.25, 0.3) is 0 Å². The Hall–Kier alpha value is -2.65. The van der Waals surface area contributed by atoms with Crippen LogP contribution in [0, 0.1) is 24.5 Å². The van der Waals surface area contributed by atoms with E-state index in [4.69, 9.17) is 15.2 Å². The van der Waals surface area contributed by atoms with Crippen molar-refractivity contribution in [2.75, 3.05) is 19.8 Å². The number of benzene rings is 2. The SMILES string of the molecule is CCOC(=O)N1N=C(c2cc(C)ccc2F)S[C@]12c1cc(F)ccc1OC[C@@H]2CCN. The van der Waals surface area contributed by atoms with Crippen LogP contribution in [0.15, 0.2) is 41.5 Å². The number of carbonyl (C=O) groups excluding carboxylic acids is 1. The summed E-state index contributed by atoms with van der Waals surface area (Å²) in [6, 6.07) is 8.86. The number of carbonyl (C=O) groups is 1. The number of nitrogens with zero attached hydrogens (tertiary/aromatic N) is 2. The van der Waals surface area contributed by atoms with Gasteiger partial charge in [0.05, 0.1) is 13.2 Å². The van der Waals surface area contributed by atoms with E-state index in [0.29, 0.717) is 29.3 Å². The predicted octanol–water partition coefficient (Wildman–Crippen LogP) is 4.35. The number of ether oxygens (including phenoxy) is 2. The highest BCUT2D eigenvalue weighted by atomic mass is 32.2. The molecule has 2 atom stereocenters. The lowest BCUT2D eigenvalue weighted by Crippen LogP contribution is -2.51. The van der Waals surface area contributed by atoms with Gasteiger partial charge in [0.25, 0.3) is 0 Å². The number of hydrogen-bond acceptors (Lipinski definition) is 6. The van der Waals surface area contributed by atoms with E-state index < -0.39 is 22.6 Å². The van der Waals surface area contributed by atoms with E-state index in [1.807, 2.05) is 6.92 Å². The third kappa shape index (κ3) is 3.65. The first kappa shape index (κ1) is 21.6. The Bertz CT molecular complexity index is 1050. The monoisotopic (exact) mass is 447 g/mol. The summed E-state index contributed by atoms with van der Waals surface area (Å²) in [5.74, 6) is -0.817. The number of fused-ring (bicyclic) bond motifs is 2. The minimum Gasteiger partial charge on any atom is -0.493 e. The third-order valence-electron chi connectivity index (χ3n) is 5.39. The van der Waals surface area contributed by atoms with Crippen molar-refractivity contribution < 1.29 is 23.0 Å². The molecule has 9 heteroatoms. The van der Waals surface area contributed by atoms with Crippen LogP contribution in [-0.4, -0.2) is 35.9 Å². The zero-order valence-corrected chi connectivity index (χ0v) is 18.0. The molecule has 0 saturated heterocycles. The molecule has 0 fully saturated rings. The van der Waals surface area contributed by atoms with Crippen LogP contribution in [0.4, 0.5) is 13.6 Å². The summed E-state index contributed by atoms with van der Waals surface area (Å²) in [4.78, 5) is 11.8. The molecular formula is C22H23F2N3O3S. The molecule has 31 heavy (non-hydrogen) atoms. The van der Waals surface area contributed by atoms with Gasteiger partial charge in [-0.05, 0) is 57.1 Å². The maximum absolute atomic E-state index is 14.7. The van der Waals surface area contributed by atoms with Crippen molar-refractivity contribution in [3.05, 3.63) is 64.7 Å². The first-order chi connectivity index (χ1) is 14.9. The van der Waals surface area contributed by atoms with Gasteiger partial charge >= 0.3 is 6.09 Å². The molecule has 0 radical (unpaired) electrons. The summed E-state index contributed by atoms with van der Waals surface area (Å²) in [5.41, 5.74) is 7.42. The molecule has 6 nitrogen and oxygen atoms in total. The fraction of sp³-hybridized carbons (Fsp3) is 0.364. The summed E-state index contributed by atoms with van der Waals surface area (Å²) in [6.45, 7) is 4.24. The van der Waals surface area contributed by atoms with Gasteiger partial charge in [0, 0.05) is 17.0 Å². The van der Waals surface area contributed by atoms with Gasteiger partial charge in [-0.3, -0.25) is 0 Å². The number of aryl methyl sites for hydroxylation is 1. The molecule has 0 aliphatic carbocycles. The minimum absolute atomic E-state index is 0.133. The molecule has 4 rings (SSSR count). The molecule has 2 aromatic rings. The predicted molar refractivity (Wildman–Crippen MR) is 115 cm³/mol. The first-order valence-electron chi connectivity index (χ1n) is 10.0. The van der Waals surface area contributed by atoms with Crippen LogP contribution in [0.2, 0.25) is 0 Å². The van der Waals surface area contributed by atoms with Crippen molar-refractivity contribution in [1.29, 1.82) is 0 Å². The van der Waals surface area contributed by atoms with E-state index in [9.17, 15) is 13.6 Å². The molecule has 1 spiro atoms. The average molecular weight is 448 g/mol. The number of rotatable bonds is 4. The number of halogens is 2. The van der Waals surface area contributed by atoms with Gasteiger partial charge in [-0.2, -0.15) is 10.1 Å². The van der Waals surface area contributed by atoms with E-state index in [1.54, 1.807) is 19.1 Å². The molecule has 2 aliphatic heterocycles. The molecule has 0 unspecified atom stereocenters. The van der Waals surface area contributed by atoms with Crippen LogP contribution >= 0.6 is 11.8 Å². The Labute approximate surface area is 183 Å². The lowest BCUT2D eigenvalue weighted by Gasteiger charge is -2.44. The maximum Gasteiger partial charge on any atom is 0.432 e. The Balaban J connectivity index is 1.92. The number of amides is 1. The molecular weight excluding hydrogens is 424 g/mol. The van der Waals surface area contributed by atoms with Gasteiger partial charge in [-0.15, -0.1) is 0 Å². The molecule has 2 heterocycles. The molecule has 2 aromatic carbocycles. The van der Waals surface area contributed by atoms with Gasteiger partial charge in [0.1, 0.15) is 22.4 Å². The Kier molecular flexibility index (Phi) is 5.90. The number of thioether (sulfide) groups is 1. The first-order valence-corrected chi connectivity index (χ1v) is 10.9. The zero-order valence-electron chi connectivity index (χ0n) is 17.2. The topological polar surface area (TPSA) is 77.1 Å². The third-order valence-corrected chi connectivity index (χ3v) is 6.92. The van der Waals surface area contributed by atoms with Crippen LogP contribution in [0.3, 0.4) is 0 Å². The molecule has 2 N–H and O–H groups in total. The molecule has 1 amide bonds. The molecule has 164 valence electrons. The molecule has 0 saturated carbocycles. The molecule has 2 aliphatic rings. The van der Waals surface area contributed by atoms with E-state index in [0.717, 1.165) is 5.56 Å². The lowest BCUT2D eigenvalue weighted by atomic mass is 9.87. The maximum atomic E-state index is 14.7. The van der Waals surface area contributed by atoms with E-state index in [2.05, 4.69) is 5.10 Å².